The van der Waals surface area contributed by atoms with Gasteiger partial charge in [-0.1, -0.05) is 66.2 Å². The van der Waals surface area contributed by atoms with Gasteiger partial charge in [0.1, 0.15) is 5.82 Å². The van der Waals surface area contributed by atoms with Gasteiger partial charge in [-0.2, -0.15) is 0 Å². The van der Waals surface area contributed by atoms with Gasteiger partial charge in [-0.3, -0.25) is 4.79 Å². The van der Waals surface area contributed by atoms with Gasteiger partial charge in [-0.15, -0.1) is 0 Å². The van der Waals surface area contributed by atoms with Crippen molar-refractivity contribution in [3.63, 3.8) is 0 Å². The molecule has 6 nitrogen and oxygen atoms in total. The predicted molar refractivity (Wildman–Crippen MR) is 116 cm³/mol. The van der Waals surface area contributed by atoms with Gasteiger partial charge in [-0.05, 0) is 17.5 Å². The van der Waals surface area contributed by atoms with Crippen molar-refractivity contribution in [3.05, 3.63) is 95.0 Å². The van der Waals surface area contributed by atoms with Crippen LogP contribution in [-0.2, 0) is 15.6 Å². The van der Waals surface area contributed by atoms with Crippen LogP contribution in [0.3, 0.4) is 0 Å². The Hall–Kier alpha value is -3.36. The number of carbonyl (C=O) groups excluding carboxylic acids is 1. The van der Waals surface area contributed by atoms with E-state index in [0.717, 1.165) is 23.0 Å². The van der Waals surface area contributed by atoms with Crippen LogP contribution in [0.25, 0.3) is 10.8 Å². The molecule has 1 aromatic heterocycles. The van der Waals surface area contributed by atoms with Crippen LogP contribution in [0.15, 0.2) is 78.1 Å². The number of halogens is 2. The monoisotopic (exact) mass is 455 g/mol. The van der Waals surface area contributed by atoms with Crippen molar-refractivity contribution in [2.75, 3.05) is 5.32 Å². The topological polar surface area (TPSA) is 89.0 Å². The highest BCUT2D eigenvalue weighted by Gasteiger charge is 2.24. The highest BCUT2D eigenvalue weighted by Crippen LogP contribution is 2.25. The second kappa shape index (κ2) is 8.41. The van der Waals surface area contributed by atoms with Crippen LogP contribution in [0.2, 0.25) is 5.02 Å². The second-order valence-electron chi connectivity index (χ2n) is 6.68. The molecule has 0 unspecified atom stereocenters. The Morgan fingerprint density at radius 2 is 1.71 bits per heavy atom. The lowest BCUT2D eigenvalue weighted by Gasteiger charge is -2.10. The van der Waals surface area contributed by atoms with Gasteiger partial charge in [0.2, 0.25) is 15.0 Å². The molecule has 0 radical (unpaired) electrons. The smallest absolute Gasteiger partial charge is 0.276 e. The quantitative estimate of drug-likeness (QED) is 0.442. The van der Waals surface area contributed by atoms with E-state index in [1.807, 2.05) is 30.3 Å². The number of anilines is 1. The molecular formula is C22H15ClFN3O3S. The predicted octanol–water partition coefficient (Wildman–Crippen LogP) is 4.65. The summed E-state index contributed by atoms with van der Waals surface area (Å²) in [7, 11) is -4.12. The van der Waals surface area contributed by atoms with E-state index in [2.05, 4.69) is 15.3 Å². The summed E-state index contributed by atoms with van der Waals surface area (Å²) in [5.41, 5.74) is 0.202. The number of benzene rings is 3. The van der Waals surface area contributed by atoms with E-state index in [0.29, 0.717) is 5.69 Å². The minimum atomic E-state index is -4.12. The van der Waals surface area contributed by atoms with Gasteiger partial charge in [0.15, 0.2) is 5.69 Å². The van der Waals surface area contributed by atoms with E-state index in [1.165, 1.54) is 18.2 Å². The van der Waals surface area contributed by atoms with Crippen LogP contribution in [0, 0.1) is 5.82 Å². The van der Waals surface area contributed by atoms with Gasteiger partial charge in [-0.25, -0.2) is 22.8 Å². The normalized spacial score (nSPS) is 11.4. The minimum absolute atomic E-state index is 0.0252. The van der Waals surface area contributed by atoms with Crippen LogP contribution >= 0.6 is 11.6 Å². The molecule has 1 amide bonds. The van der Waals surface area contributed by atoms with E-state index in [1.54, 1.807) is 12.1 Å². The average molecular weight is 456 g/mol. The van der Waals surface area contributed by atoms with Crippen LogP contribution in [-0.4, -0.2) is 24.3 Å². The number of nitrogens with one attached hydrogen (secondary N) is 1. The zero-order chi connectivity index (χ0) is 22.0. The van der Waals surface area contributed by atoms with E-state index >= 15 is 0 Å². The molecule has 156 valence electrons. The molecule has 0 saturated heterocycles. The molecule has 0 spiro atoms. The third-order valence-electron chi connectivity index (χ3n) is 4.56. The molecule has 4 aromatic rings. The lowest BCUT2D eigenvalue weighted by molar-refractivity contribution is 0.102. The molecule has 31 heavy (non-hydrogen) atoms. The fourth-order valence-electron chi connectivity index (χ4n) is 3.06. The summed E-state index contributed by atoms with van der Waals surface area (Å²) < 4.78 is 39.3. The number of amides is 1. The first-order chi connectivity index (χ1) is 14.8. The maximum Gasteiger partial charge on any atom is 0.276 e. The van der Waals surface area contributed by atoms with E-state index in [4.69, 9.17) is 11.6 Å². The number of rotatable bonds is 5. The lowest BCUT2D eigenvalue weighted by atomic mass is 10.1. The summed E-state index contributed by atoms with van der Waals surface area (Å²) in [5, 5.41) is 3.71. The third kappa shape index (κ3) is 4.40. The van der Waals surface area contributed by atoms with Gasteiger partial charge in [0.25, 0.3) is 5.91 Å². The highest BCUT2D eigenvalue weighted by atomic mass is 35.5. The molecule has 0 bridgehead atoms. The number of hydrogen-bond donors (Lipinski definition) is 1. The lowest BCUT2D eigenvalue weighted by Crippen LogP contribution is -2.18. The standard InChI is InChI=1S/C22H15ClFN3O3S/c23-17-12-25-22(31(29,30)13-15-7-2-4-10-18(15)24)27-20(17)21(28)26-19-11-5-8-14-6-1-3-9-16(14)19/h1-12H,13H2,(H,26,28). The SMILES string of the molecule is O=C(Nc1cccc2ccccc12)c1nc(S(=O)(=O)Cc2ccccc2F)ncc1Cl. The van der Waals surface area contributed by atoms with Crippen molar-refractivity contribution in [3.8, 4) is 0 Å². The number of aromatic nitrogens is 2. The van der Waals surface area contributed by atoms with Crippen molar-refractivity contribution in [2.24, 2.45) is 0 Å². The molecule has 1 N–H and O–H groups in total. The first-order valence-electron chi connectivity index (χ1n) is 9.13. The zero-order valence-corrected chi connectivity index (χ0v) is 17.5. The molecule has 0 saturated carbocycles. The Balaban J connectivity index is 1.66. The molecule has 0 aliphatic rings. The Labute approximate surface area is 182 Å². The average Bonchev–Trinajstić information content (AvgIpc) is 2.75. The highest BCUT2D eigenvalue weighted by molar-refractivity contribution is 7.90. The summed E-state index contributed by atoms with van der Waals surface area (Å²) in [6, 6.07) is 18.4. The van der Waals surface area contributed by atoms with E-state index < -0.39 is 32.5 Å². The van der Waals surface area contributed by atoms with Crippen molar-refractivity contribution >= 4 is 43.8 Å². The molecule has 0 aliphatic heterocycles. The van der Waals surface area contributed by atoms with Crippen molar-refractivity contribution < 1.29 is 17.6 Å². The maximum absolute atomic E-state index is 13.9. The number of nitrogens with zero attached hydrogens (tertiary/aromatic N) is 2. The fourth-order valence-corrected chi connectivity index (χ4v) is 4.45. The molecule has 0 aliphatic carbocycles. The molecule has 1 heterocycles. The number of carbonyl (C=O) groups is 1. The number of fused-ring (bicyclic) bond motifs is 1. The number of sulfone groups is 1. The van der Waals surface area contributed by atoms with Crippen molar-refractivity contribution in [2.45, 2.75) is 10.9 Å². The molecule has 0 fully saturated rings. The molecule has 0 atom stereocenters. The Kier molecular flexibility index (Phi) is 5.67. The minimum Gasteiger partial charge on any atom is -0.320 e. The first kappa shape index (κ1) is 20.9. The molecular weight excluding hydrogens is 441 g/mol. The number of hydrogen-bond acceptors (Lipinski definition) is 5. The summed E-state index contributed by atoms with van der Waals surface area (Å²) in [6.07, 6.45) is 1.04. The summed E-state index contributed by atoms with van der Waals surface area (Å²) in [6.45, 7) is 0. The third-order valence-corrected chi connectivity index (χ3v) is 6.28. The zero-order valence-electron chi connectivity index (χ0n) is 15.9. The Morgan fingerprint density at radius 1 is 1.00 bits per heavy atom. The van der Waals surface area contributed by atoms with Crippen LogP contribution in [0.1, 0.15) is 16.1 Å². The largest absolute Gasteiger partial charge is 0.320 e. The van der Waals surface area contributed by atoms with Crippen molar-refractivity contribution in [1.29, 1.82) is 0 Å². The van der Waals surface area contributed by atoms with Crippen LogP contribution in [0.4, 0.5) is 10.1 Å². The van der Waals surface area contributed by atoms with E-state index in [-0.39, 0.29) is 16.3 Å². The van der Waals surface area contributed by atoms with Gasteiger partial charge in [0.05, 0.1) is 17.0 Å². The summed E-state index contributed by atoms with van der Waals surface area (Å²) >= 11 is 6.07. The van der Waals surface area contributed by atoms with Crippen LogP contribution in [0.5, 0.6) is 0 Å². The Bertz CT molecular complexity index is 1410. The maximum atomic E-state index is 13.9. The van der Waals surface area contributed by atoms with Crippen molar-refractivity contribution in [1.82, 2.24) is 9.97 Å². The summed E-state index contributed by atoms with van der Waals surface area (Å²) in [5.74, 6) is -1.99. The summed E-state index contributed by atoms with van der Waals surface area (Å²) in [4.78, 5) is 20.5. The molecule has 9 heteroatoms. The first-order valence-corrected chi connectivity index (χ1v) is 11.2. The van der Waals surface area contributed by atoms with Gasteiger partial charge in [0, 0.05) is 16.6 Å². The van der Waals surface area contributed by atoms with Crippen LogP contribution < -0.4 is 5.32 Å². The van der Waals surface area contributed by atoms with Gasteiger partial charge >= 0.3 is 0 Å². The molecule has 3 aromatic carbocycles. The fraction of sp³-hybridized carbons (Fsp3) is 0.0455. The Morgan fingerprint density at radius 3 is 2.52 bits per heavy atom. The second-order valence-corrected chi connectivity index (χ2v) is 8.97. The van der Waals surface area contributed by atoms with E-state index in [9.17, 15) is 17.6 Å². The molecule has 4 rings (SSSR count). The van der Waals surface area contributed by atoms with Gasteiger partial charge < -0.3 is 5.32 Å².